The summed E-state index contributed by atoms with van der Waals surface area (Å²) in [5.74, 6) is 1.05. The van der Waals surface area contributed by atoms with Crippen molar-refractivity contribution in [3.8, 4) is 0 Å². The van der Waals surface area contributed by atoms with Crippen LogP contribution in [0.25, 0.3) is 0 Å². The summed E-state index contributed by atoms with van der Waals surface area (Å²) in [7, 11) is 0. The van der Waals surface area contributed by atoms with Gasteiger partial charge in [0.05, 0.1) is 9.75 Å². The average molecular weight is 553 g/mol. The first-order valence-electron chi connectivity index (χ1n) is 11.7. The van der Waals surface area contributed by atoms with Gasteiger partial charge < -0.3 is 0 Å². The van der Waals surface area contributed by atoms with Gasteiger partial charge in [-0.2, -0.15) is 0 Å². The molecule has 6 heteroatoms. The summed E-state index contributed by atoms with van der Waals surface area (Å²) in [6.07, 6.45) is 7.65. The molecule has 0 amide bonds. The smallest absolute Gasteiger partial charge is 0.0852 e. The van der Waals surface area contributed by atoms with Gasteiger partial charge in [-0.3, -0.25) is 0 Å². The van der Waals surface area contributed by atoms with Crippen LogP contribution in [0.5, 0.6) is 0 Å². The van der Waals surface area contributed by atoms with Crippen molar-refractivity contribution < 1.29 is 0 Å². The molecular weight excluding hydrogens is 525 g/mol. The molecule has 10 unspecified atom stereocenters. The van der Waals surface area contributed by atoms with Crippen LogP contribution in [0.3, 0.4) is 0 Å². The first-order chi connectivity index (χ1) is 15.2. The quantitative estimate of drug-likeness (QED) is 0.308. The molecular formula is C26H28Cl6. The van der Waals surface area contributed by atoms with E-state index in [1.807, 2.05) is 0 Å². The second kappa shape index (κ2) is 8.53. The van der Waals surface area contributed by atoms with Crippen molar-refractivity contribution in [2.45, 2.75) is 71.9 Å². The topological polar surface area (TPSA) is 0 Å². The predicted octanol–water partition coefficient (Wildman–Crippen LogP) is 9.39. The normalized spacial score (nSPS) is 44.0. The van der Waals surface area contributed by atoms with Gasteiger partial charge in [0.2, 0.25) is 0 Å². The Morgan fingerprint density at radius 1 is 0.781 bits per heavy atom. The number of fused-ring (bicyclic) bond motifs is 4. The van der Waals surface area contributed by atoms with Gasteiger partial charge in [0.25, 0.3) is 0 Å². The maximum absolute atomic E-state index is 7.19. The van der Waals surface area contributed by atoms with E-state index in [0.29, 0.717) is 0 Å². The van der Waals surface area contributed by atoms with Gasteiger partial charge >= 0.3 is 0 Å². The summed E-state index contributed by atoms with van der Waals surface area (Å²) in [6.45, 7) is 4.45. The molecule has 174 valence electrons. The van der Waals surface area contributed by atoms with Crippen molar-refractivity contribution in [1.82, 2.24) is 0 Å². The highest BCUT2D eigenvalue weighted by atomic mass is 35.5. The summed E-state index contributed by atoms with van der Waals surface area (Å²) < 4.78 is 0. The fourth-order valence-corrected chi connectivity index (χ4v) is 10.3. The summed E-state index contributed by atoms with van der Waals surface area (Å²) >= 11 is 41.7. The Bertz CT molecular complexity index is 894. The summed E-state index contributed by atoms with van der Waals surface area (Å²) in [5, 5.41) is 1.49. The van der Waals surface area contributed by atoms with Crippen molar-refractivity contribution in [1.29, 1.82) is 0 Å². The van der Waals surface area contributed by atoms with Crippen LogP contribution in [0.15, 0.2) is 46.5 Å². The minimum absolute atomic E-state index is 0.0203. The molecule has 1 aromatic rings. The van der Waals surface area contributed by atoms with Crippen molar-refractivity contribution in [2.75, 3.05) is 0 Å². The van der Waals surface area contributed by atoms with Crippen LogP contribution in [-0.4, -0.2) is 20.5 Å². The van der Waals surface area contributed by atoms with E-state index in [4.69, 9.17) is 69.6 Å². The first kappa shape index (κ1) is 24.1. The molecule has 2 fully saturated rings. The Hall–Kier alpha value is 0.440. The molecule has 5 rings (SSSR count). The monoisotopic (exact) mass is 550 g/mol. The van der Waals surface area contributed by atoms with E-state index in [-0.39, 0.29) is 46.3 Å². The Morgan fingerprint density at radius 3 is 1.47 bits per heavy atom. The molecule has 32 heavy (non-hydrogen) atoms. The Morgan fingerprint density at radius 2 is 1.16 bits per heavy atom. The van der Waals surface area contributed by atoms with Gasteiger partial charge in [-0.25, -0.2) is 0 Å². The molecule has 0 aromatic heterocycles. The number of hydrogen-bond acceptors (Lipinski definition) is 0. The van der Waals surface area contributed by atoms with E-state index in [1.54, 1.807) is 0 Å². The molecule has 4 bridgehead atoms. The van der Waals surface area contributed by atoms with Gasteiger partial charge in [0.1, 0.15) is 0 Å². The number of rotatable bonds is 6. The Balaban J connectivity index is 1.57. The number of benzene rings is 1. The lowest BCUT2D eigenvalue weighted by atomic mass is 9.69. The molecule has 0 N–H and O–H groups in total. The van der Waals surface area contributed by atoms with Crippen LogP contribution in [0.1, 0.15) is 62.5 Å². The van der Waals surface area contributed by atoms with Gasteiger partial charge in [-0.15, -0.1) is 46.4 Å². The third kappa shape index (κ3) is 3.30. The number of allylic oxidation sites excluding steroid dienone is 4. The summed E-state index contributed by atoms with van der Waals surface area (Å²) in [5.41, 5.74) is 2.61. The largest absolute Gasteiger partial charge is 0.122 e. The number of alkyl halides is 4. The molecule has 0 aliphatic heterocycles. The molecule has 4 aliphatic rings. The Labute approximate surface area is 221 Å². The molecule has 0 radical (unpaired) electrons. The Kier molecular flexibility index (Phi) is 6.44. The fourth-order valence-electron chi connectivity index (χ4n) is 7.29. The molecule has 2 saturated carbocycles. The summed E-state index contributed by atoms with van der Waals surface area (Å²) in [6, 6.07) is 8.72. The van der Waals surface area contributed by atoms with Crippen LogP contribution in [-0.2, 0) is 0 Å². The molecule has 10 atom stereocenters. The van der Waals surface area contributed by atoms with Crippen molar-refractivity contribution in [2.24, 2.45) is 23.7 Å². The molecule has 0 nitrogen and oxygen atoms in total. The fraction of sp³-hybridized carbons (Fsp3) is 0.615. The SMILES string of the molecule is CCC(c1ccccc1C(CC)C1C(Cl)C2C=C(Cl)C1(Cl)C2)C1C(Cl)C2C=C(Cl)C1(Cl)C2. The van der Waals surface area contributed by atoms with Gasteiger partial charge in [0.15, 0.2) is 0 Å². The van der Waals surface area contributed by atoms with Crippen molar-refractivity contribution >= 4 is 69.6 Å². The minimum Gasteiger partial charge on any atom is -0.122 e. The van der Waals surface area contributed by atoms with Crippen LogP contribution in [0.2, 0.25) is 0 Å². The predicted molar refractivity (Wildman–Crippen MR) is 140 cm³/mol. The zero-order chi connectivity index (χ0) is 23.0. The third-order valence-corrected chi connectivity index (χ3v) is 12.2. The van der Waals surface area contributed by atoms with E-state index in [2.05, 4.69) is 50.3 Å². The van der Waals surface area contributed by atoms with Gasteiger partial charge in [-0.05, 0) is 60.5 Å². The molecule has 0 spiro atoms. The minimum atomic E-state index is -0.574. The highest BCUT2D eigenvalue weighted by Crippen LogP contribution is 2.65. The average Bonchev–Trinajstić information content (AvgIpc) is 3.40. The van der Waals surface area contributed by atoms with E-state index >= 15 is 0 Å². The van der Waals surface area contributed by atoms with Gasteiger partial charge in [-0.1, -0.05) is 73.5 Å². The maximum atomic E-state index is 7.19. The highest BCUT2D eigenvalue weighted by Gasteiger charge is 2.61. The molecule has 0 saturated heterocycles. The zero-order valence-corrected chi connectivity index (χ0v) is 22.7. The lowest BCUT2D eigenvalue weighted by Crippen LogP contribution is -2.39. The van der Waals surface area contributed by atoms with Crippen molar-refractivity contribution in [3.63, 3.8) is 0 Å². The summed E-state index contributed by atoms with van der Waals surface area (Å²) in [4.78, 5) is -1.15. The first-order valence-corrected chi connectivity index (χ1v) is 14.1. The van der Waals surface area contributed by atoms with Crippen LogP contribution < -0.4 is 0 Å². The maximum Gasteiger partial charge on any atom is 0.0852 e. The van der Waals surface area contributed by atoms with Crippen LogP contribution in [0, 0.1) is 23.7 Å². The second-order valence-electron chi connectivity index (χ2n) is 10.1. The second-order valence-corrected chi connectivity index (χ2v) is 13.3. The van der Waals surface area contributed by atoms with E-state index in [1.165, 1.54) is 11.1 Å². The van der Waals surface area contributed by atoms with E-state index < -0.39 is 9.75 Å². The lowest BCUT2D eigenvalue weighted by molar-refractivity contribution is 0.352. The third-order valence-electron chi connectivity index (χ3n) is 8.68. The van der Waals surface area contributed by atoms with Crippen LogP contribution >= 0.6 is 69.6 Å². The lowest BCUT2D eigenvalue weighted by Gasteiger charge is -2.41. The van der Waals surface area contributed by atoms with Crippen molar-refractivity contribution in [3.05, 3.63) is 57.6 Å². The van der Waals surface area contributed by atoms with E-state index in [0.717, 1.165) is 35.7 Å². The standard InChI is InChI=1S/C26H28Cl6/c1-3-15(21-23(29)13-9-19(27)25(21,31)11-13)17-7-5-6-8-18(17)16(4-2)22-24(30)14-10-20(28)26(22,32)12-14/h5-10,13-16,21-24H,3-4,11-12H2,1-2H3. The molecule has 0 heterocycles. The molecule has 1 aromatic carbocycles. The zero-order valence-electron chi connectivity index (χ0n) is 18.2. The van der Waals surface area contributed by atoms with Gasteiger partial charge in [0, 0.05) is 32.7 Å². The highest BCUT2D eigenvalue weighted by molar-refractivity contribution is 6.42. The van der Waals surface area contributed by atoms with E-state index in [9.17, 15) is 0 Å². The molecule has 4 aliphatic carbocycles. The van der Waals surface area contributed by atoms with Crippen LogP contribution in [0.4, 0.5) is 0 Å². The number of hydrogen-bond donors (Lipinski definition) is 0. The number of halogens is 6.